The molecule has 0 bridgehead atoms. The molecule has 1 heterocycles. The highest BCUT2D eigenvalue weighted by Crippen LogP contribution is 2.32. The summed E-state index contributed by atoms with van der Waals surface area (Å²) in [5.74, 6) is 0.0888. The number of hydrogen-bond donors (Lipinski definition) is 0. The fourth-order valence-corrected chi connectivity index (χ4v) is 2.90. The van der Waals surface area contributed by atoms with Crippen molar-refractivity contribution in [2.75, 3.05) is 44.7 Å². The standard InChI is InChI=1S/C16H22N4O3/c1-17-8-10-18(11-9-17)12-16(21)19(13-2-3-13)14-4-6-15(7-5-14)20(22)23/h4-7,13H,2-3,8-12H2,1H3. The van der Waals surface area contributed by atoms with E-state index in [2.05, 4.69) is 16.8 Å². The third kappa shape index (κ3) is 3.86. The van der Waals surface area contributed by atoms with Crippen LogP contribution >= 0.6 is 0 Å². The van der Waals surface area contributed by atoms with Crippen LogP contribution in [0.5, 0.6) is 0 Å². The summed E-state index contributed by atoms with van der Waals surface area (Å²) in [5, 5.41) is 10.8. The van der Waals surface area contributed by atoms with Crippen molar-refractivity contribution in [1.82, 2.24) is 9.80 Å². The minimum atomic E-state index is -0.419. The predicted octanol–water partition coefficient (Wildman–Crippen LogP) is 1.34. The first-order valence-corrected chi connectivity index (χ1v) is 8.02. The summed E-state index contributed by atoms with van der Waals surface area (Å²) >= 11 is 0. The quantitative estimate of drug-likeness (QED) is 0.605. The Hall–Kier alpha value is -1.99. The summed E-state index contributed by atoms with van der Waals surface area (Å²) in [6.45, 7) is 4.19. The molecule has 2 aliphatic rings. The molecular weight excluding hydrogens is 296 g/mol. The van der Waals surface area contributed by atoms with E-state index in [0.29, 0.717) is 6.54 Å². The van der Waals surface area contributed by atoms with E-state index in [1.807, 2.05) is 4.90 Å². The van der Waals surface area contributed by atoms with E-state index in [0.717, 1.165) is 44.7 Å². The number of nitro benzene ring substituents is 1. The number of piperazine rings is 1. The zero-order valence-corrected chi connectivity index (χ0v) is 13.4. The molecular formula is C16H22N4O3. The van der Waals surface area contributed by atoms with Crippen molar-refractivity contribution >= 4 is 17.3 Å². The number of carbonyl (C=O) groups is 1. The number of hydrogen-bond acceptors (Lipinski definition) is 5. The van der Waals surface area contributed by atoms with Gasteiger partial charge in [-0.2, -0.15) is 0 Å². The van der Waals surface area contributed by atoms with Crippen LogP contribution in [0.3, 0.4) is 0 Å². The molecule has 1 saturated carbocycles. The molecule has 1 aromatic rings. The van der Waals surface area contributed by atoms with Crippen molar-refractivity contribution < 1.29 is 9.72 Å². The van der Waals surface area contributed by atoms with Gasteiger partial charge in [-0.15, -0.1) is 0 Å². The van der Waals surface area contributed by atoms with E-state index < -0.39 is 4.92 Å². The molecule has 2 fully saturated rings. The van der Waals surface area contributed by atoms with Crippen molar-refractivity contribution in [3.63, 3.8) is 0 Å². The molecule has 0 radical (unpaired) electrons. The number of benzene rings is 1. The number of anilines is 1. The molecule has 7 heteroatoms. The van der Waals surface area contributed by atoms with Crippen LogP contribution in [0.2, 0.25) is 0 Å². The molecule has 0 spiro atoms. The second-order valence-electron chi connectivity index (χ2n) is 6.35. The topological polar surface area (TPSA) is 69.9 Å². The smallest absolute Gasteiger partial charge is 0.269 e. The molecule has 1 amide bonds. The first kappa shape index (κ1) is 15.9. The summed E-state index contributed by atoms with van der Waals surface area (Å²) in [7, 11) is 2.09. The number of rotatable bonds is 5. The SMILES string of the molecule is CN1CCN(CC(=O)N(c2ccc([N+](=O)[O-])cc2)C2CC2)CC1. The van der Waals surface area contributed by atoms with Gasteiger partial charge in [0.15, 0.2) is 0 Å². The van der Waals surface area contributed by atoms with E-state index in [1.54, 1.807) is 12.1 Å². The normalized spacial score (nSPS) is 19.5. The first-order valence-electron chi connectivity index (χ1n) is 8.02. The average Bonchev–Trinajstić information content (AvgIpc) is 3.35. The van der Waals surface area contributed by atoms with Gasteiger partial charge in [0.1, 0.15) is 0 Å². The number of non-ortho nitro benzene ring substituents is 1. The first-order chi connectivity index (χ1) is 11.0. The van der Waals surface area contributed by atoms with Gasteiger partial charge >= 0.3 is 0 Å². The molecule has 1 aliphatic carbocycles. The monoisotopic (exact) mass is 318 g/mol. The lowest BCUT2D eigenvalue weighted by Gasteiger charge is -2.33. The number of amides is 1. The molecule has 0 unspecified atom stereocenters. The van der Waals surface area contributed by atoms with Crippen LogP contribution < -0.4 is 4.90 Å². The highest BCUT2D eigenvalue weighted by atomic mass is 16.6. The summed E-state index contributed by atoms with van der Waals surface area (Å²) in [6, 6.07) is 6.54. The Morgan fingerprint density at radius 1 is 1.22 bits per heavy atom. The Morgan fingerprint density at radius 2 is 1.83 bits per heavy atom. The van der Waals surface area contributed by atoms with Crippen molar-refractivity contribution in [2.45, 2.75) is 18.9 Å². The van der Waals surface area contributed by atoms with Gasteiger partial charge < -0.3 is 9.80 Å². The fourth-order valence-electron chi connectivity index (χ4n) is 2.90. The minimum Gasteiger partial charge on any atom is -0.308 e. The van der Waals surface area contributed by atoms with Gasteiger partial charge in [0.25, 0.3) is 5.69 Å². The van der Waals surface area contributed by atoms with Crippen LogP contribution in [0.4, 0.5) is 11.4 Å². The van der Waals surface area contributed by atoms with E-state index in [-0.39, 0.29) is 17.6 Å². The predicted molar refractivity (Wildman–Crippen MR) is 87.5 cm³/mol. The Labute approximate surface area is 135 Å². The zero-order valence-electron chi connectivity index (χ0n) is 13.4. The van der Waals surface area contributed by atoms with E-state index >= 15 is 0 Å². The molecule has 0 atom stereocenters. The van der Waals surface area contributed by atoms with Gasteiger partial charge in [-0.1, -0.05) is 0 Å². The lowest BCUT2D eigenvalue weighted by Crippen LogP contribution is -2.49. The Kier molecular flexibility index (Phi) is 4.58. The maximum absolute atomic E-state index is 12.7. The molecule has 0 N–H and O–H groups in total. The highest BCUT2D eigenvalue weighted by molar-refractivity contribution is 5.96. The minimum absolute atomic E-state index is 0.0519. The second-order valence-corrected chi connectivity index (χ2v) is 6.35. The van der Waals surface area contributed by atoms with Gasteiger partial charge in [-0.25, -0.2) is 0 Å². The van der Waals surface area contributed by atoms with Gasteiger partial charge in [0.05, 0.1) is 11.5 Å². The molecule has 1 saturated heterocycles. The summed E-state index contributed by atoms with van der Waals surface area (Å²) in [6.07, 6.45) is 2.01. The lowest BCUT2D eigenvalue weighted by atomic mass is 10.2. The van der Waals surface area contributed by atoms with Crippen molar-refractivity contribution in [1.29, 1.82) is 0 Å². The number of nitrogens with zero attached hydrogens (tertiary/aromatic N) is 4. The van der Waals surface area contributed by atoms with Crippen LogP contribution in [0.25, 0.3) is 0 Å². The maximum atomic E-state index is 12.7. The Bertz CT molecular complexity index is 577. The zero-order chi connectivity index (χ0) is 16.4. The summed E-state index contributed by atoms with van der Waals surface area (Å²) in [4.78, 5) is 29.3. The van der Waals surface area contributed by atoms with E-state index in [9.17, 15) is 14.9 Å². The fraction of sp³-hybridized carbons (Fsp3) is 0.562. The molecule has 1 aliphatic heterocycles. The average molecular weight is 318 g/mol. The van der Waals surface area contributed by atoms with Gasteiger partial charge in [-0.3, -0.25) is 19.8 Å². The molecule has 1 aromatic carbocycles. The molecule has 23 heavy (non-hydrogen) atoms. The lowest BCUT2D eigenvalue weighted by molar-refractivity contribution is -0.384. The molecule has 7 nitrogen and oxygen atoms in total. The van der Waals surface area contributed by atoms with E-state index in [1.165, 1.54) is 12.1 Å². The summed E-state index contributed by atoms with van der Waals surface area (Å²) < 4.78 is 0. The van der Waals surface area contributed by atoms with Crippen LogP contribution in [-0.2, 0) is 4.79 Å². The molecule has 124 valence electrons. The molecule has 3 rings (SSSR count). The maximum Gasteiger partial charge on any atom is 0.269 e. The van der Waals surface area contributed by atoms with Crippen molar-refractivity contribution in [2.24, 2.45) is 0 Å². The van der Waals surface area contributed by atoms with Gasteiger partial charge in [0, 0.05) is 50.0 Å². The number of nitro groups is 1. The van der Waals surface area contributed by atoms with E-state index in [4.69, 9.17) is 0 Å². The second kappa shape index (κ2) is 6.64. The third-order valence-corrected chi connectivity index (χ3v) is 4.47. The Balaban J connectivity index is 1.68. The van der Waals surface area contributed by atoms with Gasteiger partial charge in [0.2, 0.25) is 5.91 Å². The summed E-state index contributed by atoms with van der Waals surface area (Å²) in [5.41, 5.74) is 0.813. The van der Waals surface area contributed by atoms with Crippen molar-refractivity contribution in [3.8, 4) is 0 Å². The van der Waals surface area contributed by atoms with Crippen LogP contribution in [0.15, 0.2) is 24.3 Å². The largest absolute Gasteiger partial charge is 0.308 e. The Morgan fingerprint density at radius 3 is 2.35 bits per heavy atom. The van der Waals surface area contributed by atoms with Crippen LogP contribution in [-0.4, -0.2) is 66.4 Å². The van der Waals surface area contributed by atoms with Crippen molar-refractivity contribution in [3.05, 3.63) is 34.4 Å². The number of likely N-dealkylation sites (N-methyl/N-ethyl adjacent to an activating group) is 1. The highest BCUT2D eigenvalue weighted by Gasteiger charge is 2.34. The third-order valence-electron chi connectivity index (χ3n) is 4.47. The van der Waals surface area contributed by atoms with Crippen LogP contribution in [0, 0.1) is 10.1 Å². The van der Waals surface area contributed by atoms with Gasteiger partial charge in [-0.05, 0) is 32.0 Å². The molecule has 0 aromatic heterocycles. The number of carbonyl (C=O) groups excluding carboxylic acids is 1. The van der Waals surface area contributed by atoms with Crippen LogP contribution in [0.1, 0.15) is 12.8 Å².